The van der Waals surface area contributed by atoms with E-state index < -0.39 is 21.7 Å². The number of carbonyl (C=O) groups is 1. The summed E-state index contributed by atoms with van der Waals surface area (Å²) in [7, 11) is -3.74. The van der Waals surface area contributed by atoms with Gasteiger partial charge in [0, 0.05) is 50.9 Å². The summed E-state index contributed by atoms with van der Waals surface area (Å²) in [6, 6.07) is 7.94. The molecule has 1 saturated heterocycles. The van der Waals surface area contributed by atoms with E-state index in [4.69, 9.17) is 0 Å². The van der Waals surface area contributed by atoms with Crippen LogP contribution in [0.15, 0.2) is 66.6 Å². The largest absolute Gasteiger partial charge is 0.345 e. The molecule has 0 saturated carbocycles. The highest BCUT2D eigenvalue weighted by molar-refractivity contribution is 7.89. The van der Waals surface area contributed by atoms with Crippen LogP contribution < -0.4 is 4.90 Å². The third kappa shape index (κ3) is 5.12. The number of fused-ring (bicyclic) bond motifs is 1. The minimum absolute atomic E-state index is 0.0853. The van der Waals surface area contributed by atoms with Gasteiger partial charge in [0.1, 0.15) is 11.3 Å². The summed E-state index contributed by atoms with van der Waals surface area (Å²) in [5, 5.41) is 0.578. The Balaban J connectivity index is 1.43. The first-order valence-electron chi connectivity index (χ1n) is 10.9. The molecule has 1 fully saturated rings. The van der Waals surface area contributed by atoms with E-state index in [1.165, 1.54) is 58.1 Å². The quantitative estimate of drug-likeness (QED) is 0.423. The maximum Gasteiger partial charge on any atom is 0.253 e. The molecule has 0 atom stereocenters. The number of nitrogens with zero attached hydrogens (tertiary/aromatic N) is 4. The van der Waals surface area contributed by atoms with E-state index in [-0.39, 0.29) is 29.4 Å². The molecule has 0 aliphatic carbocycles. The monoisotopic (exact) mass is 518 g/mol. The Kier molecular flexibility index (Phi) is 7.29. The van der Waals surface area contributed by atoms with Gasteiger partial charge in [0.15, 0.2) is 10.9 Å². The fraction of sp³-hybridized carbons (Fsp3) is 0.250. The van der Waals surface area contributed by atoms with Crippen LogP contribution >= 0.6 is 11.3 Å². The van der Waals surface area contributed by atoms with Crippen LogP contribution in [0, 0.1) is 11.6 Å². The summed E-state index contributed by atoms with van der Waals surface area (Å²) < 4.78 is 54.9. The number of sulfonamides is 1. The molecule has 184 valence electrons. The van der Waals surface area contributed by atoms with E-state index in [2.05, 4.69) is 18.1 Å². The minimum Gasteiger partial charge on any atom is -0.345 e. The van der Waals surface area contributed by atoms with Gasteiger partial charge in [0.2, 0.25) is 10.0 Å². The van der Waals surface area contributed by atoms with Crippen LogP contribution in [0.1, 0.15) is 10.4 Å². The van der Waals surface area contributed by atoms with Gasteiger partial charge in [0.05, 0.1) is 9.60 Å². The second kappa shape index (κ2) is 10.2. The molecule has 3 aromatic rings. The van der Waals surface area contributed by atoms with Crippen molar-refractivity contribution in [3.8, 4) is 0 Å². The maximum atomic E-state index is 14.0. The molecule has 0 spiro atoms. The number of benzene rings is 2. The lowest BCUT2D eigenvalue weighted by molar-refractivity contribution is 0.0746. The molecule has 7 nitrogen and oxygen atoms in total. The lowest BCUT2D eigenvalue weighted by atomic mass is 10.2. The van der Waals surface area contributed by atoms with Gasteiger partial charge in [-0.15, -0.1) is 13.2 Å². The number of carbonyl (C=O) groups excluding carboxylic acids is 1. The van der Waals surface area contributed by atoms with Crippen molar-refractivity contribution in [2.45, 2.75) is 4.90 Å². The van der Waals surface area contributed by atoms with E-state index >= 15 is 0 Å². The summed E-state index contributed by atoms with van der Waals surface area (Å²) in [6.45, 7) is 9.28. The van der Waals surface area contributed by atoms with Crippen molar-refractivity contribution in [1.82, 2.24) is 14.2 Å². The maximum absolute atomic E-state index is 14.0. The zero-order chi connectivity index (χ0) is 25.2. The van der Waals surface area contributed by atoms with E-state index in [0.29, 0.717) is 41.6 Å². The first-order chi connectivity index (χ1) is 16.7. The van der Waals surface area contributed by atoms with E-state index in [0.717, 1.165) is 6.07 Å². The van der Waals surface area contributed by atoms with Crippen LogP contribution in [0.2, 0.25) is 0 Å². The molecule has 0 unspecified atom stereocenters. The second-order valence-corrected chi connectivity index (χ2v) is 10.9. The summed E-state index contributed by atoms with van der Waals surface area (Å²) in [5.41, 5.74) is 0.522. The van der Waals surface area contributed by atoms with Gasteiger partial charge in [-0.3, -0.25) is 4.79 Å². The Morgan fingerprint density at radius 2 is 1.69 bits per heavy atom. The highest BCUT2D eigenvalue weighted by Gasteiger charge is 2.26. The lowest BCUT2D eigenvalue weighted by Gasteiger charge is -2.34. The number of halogens is 2. The number of hydrogen-bond donors (Lipinski definition) is 0. The van der Waals surface area contributed by atoms with E-state index in [9.17, 15) is 22.0 Å². The van der Waals surface area contributed by atoms with Crippen LogP contribution in [0.3, 0.4) is 0 Å². The predicted octanol–water partition coefficient (Wildman–Crippen LogP) is 3.90. The van der Waals surface area contributed by atoms with Crippen LogP contribution in [0.4, 0.5) is 13.9 Å². The van der Waals surface area contributed by atoms with Gasteiger partial charge < -0.3 is 9.80 Å². The van der Waals surface area contributed by atoms with Crippen LogP contribution in [0.5, 0.6) is 0 Å². The van der Waals surface area contributed by atoms with Crippen molar-refractivity contribution in [2.24, 2.45) is 0 Å². The Labute approximate surface area is 206 Å². The number of thiazole rings is 1. The first kappa shape index (κ1) is 25.0. The van der Waals surface area contributed by atoms with Gasteiger partial charge in [0.25, 0.3) is 5.91 Å². The highest BCUT2D eigenvalue weighted by atomic mass is 32.2. The summed E-state index contributed by atoms with van der Waals surface area (Å²) in [5.74, 6) is -1.55. The lowest BCUT2D eigenvalue weighted by Crippen LogP contribution is -2.48. The van der Waals surface area contributed by atoms with Crippen molar-refractivity contribution < 1.29 is 22.0 Å². The SMILES string of the molecule is C=CCN(CC=C)S(=O)(=O)c1ccc(C(=O)N2CCN(c3nc4c(F)cc(F)cc4s3)CC2)cc1. The fourth-order valence-corrected chi connectivity index (χ4v) is 6.28. The molecule has 0 radical (unpaired) electrons. The average molecular weight is 519 g/mol. The van der Waals surface area contributed by atoms with Crippen molar-refractivity contribution in [3.63, 3.8) is 0 Å². The molecule has 0 bridgehead atoms. The topological polar surface area (TPSA) is 73.8 Å². The van der Waals surface area contributed by atoms with E-state index in [1.807, 2.05) is 4.90 Å². The molecule has 2 heterocycles. The molecule has 4 rings (SSSR count). The van der Waals surface area contributed by atoms with Crippen molar-refractivity contribution in [2.75, 3.05) is 44.2 Å². The Bertz CT molecular complexity index is 1360. The van der Waals surface area contributed by atoms with Crippen LogP contribution in [-0.4, -0.2) is 67.8 Å². The highest BCUT2D eigenvalue weighted by Crippen LogP contribution is 2.31. The number of hydrogen-bond acceptors (Lipinski definition) is 6. The van der Waals surface area contributed by atoms with Crippen LogP contribution in [0.25, 0.3) is 10.2 Å². The first-order valence-corrected chi connectivity index (χ1v) is 13.1. The van der Waals surface area contributed by atoms with Gasteiger partial charge >= 0.3 is 0 Å². The zero-order valence-corrected chi connectivity index (χ0v) is 20.5. The molecule has 1 amide bonds. The number of aromatic nitrogens is 1. The number of piperazine rings is 1. The molecule has 11 heteroatoms. The number of amides is 1. The predicted molar refractivity (Wildman–Crippen MR) is 133 cm³/mol. The van der Waals surface area contributed by atoms with Crippen molar-refractivity contribution >= 4 is 42.6 Å². The average Bonchev–Trinajstić information content (AvgIpc) is 3.28. The van der Waals surface area contributed by atoms with Gasteiger partial charge in [-0.25, -0.2) is 22.2 Å². The van der Waals surface area contributed by atoms with Gasteiger partial charge in [-0.05, 0) is 30.3 Å². The Hall–Kier alpha value is -3.15. The Morgan fingerprint density at radius 1 is 1.06 bits per heavy atom. The smallest absolute Gasteiger partial charge is 0.253 e. The van der Waals surface area contributed by atoms with Gasteiger partial charge in [-0.2, -0.15) is 4.31 Å². The molecule has 1 aromatic heterocycles. The molecule has 0 N–H and O–H groups in total. The molecule has 2 aromatic carbocycles. The molecule has 35 heavy (non-hydrogen) atoms. The fourth-order valence-electron chi connectivity index (χ4n) is 3.84. The van der Waals surface area contributed by atoms with Crippen molar-refractivity contribution in [3.05, 3.63) is 78.9 Å². The normalized spacial score (nSPS) is 14.5. The number of rotatable bonds is 8. The zero-order valence-electron chi connectivity index (χ0n) is 18.9. The molecule has 1 aliphatic rings. The summed E-state index contributed by atoms with van der Waals surface area (Å²) >= 11 is 1.21. The molecular formula is C24H24F2N4O3S2. The minimum atomic E-state index is -3.74. The summed E-state index contributed by atoms with van der Waals surface area (Å²) in [6.07, 6.45) is 3.00. The Morgan fingerprint density at radius 3 is 2.29 bits per heavy atom. The third-order valence-electron chi connectivity index (χ3n) is 5.64. The summed E-state index contributed by atoms with van der Waals surface area (Å²) in [4.78, 5) is 21.0. The standard InChI is InChI=1S/C24H24F2N4O3S2/c1-3-9-30(10-4-2)35(32,33)19-7-5-17(6-8-19)23(31)28-11-13-29(14-12-28)24-27-22-20(26)15-18(25)16-21(22)34-24/h3-8,15-16H,1-2,9-14H2. The van der Waals surface area contributed by atoms with Crippen molar-refractivity contribution in [1.29, 1.82) is 0 Å². The molecule has 1 aliphatic heterocycles. The second-order valence-electron chi connectivity index (χ2n) is 7.93. The van der Waals surface area contributed by atoms with Crippen LogP contribution in [-0.2, 0) is 10.0 Å². The number of anilines is 1. The van der Waals surface area contributed by atoms with E-state index in [1.54, 1.807) is 4.90 Å². The molecular weight excluding hydrogens is 494 g/mol. The van der Waals surface area contributed by atoms with Gasteiger partial charge in [-0.1, -0.05) is 23.5 Å². The third-order valence-corrected chi connectivity index (χ3v) is 8.55.